The Kier molecular flexibility index (Phi) is 6.13. The number of aryl methyl sites for hydroxylation is 1. The van der Waals surface area contributed by atoms with Gasteiger partial charge in [0.1, 0.15) is 5.69 Å². The molecular weight excluding hydrogens is 384 g/mol. The van der Waals surface area contributed by atoms with Crippen LogP contribution in [0, 0.1) is 6.92 Å². The highest BCUT2D eigenvalue weighted by atomic mass is 19.3. The number of carbonyl (C=O) groups excluding carboxylic acids is 1. The largest absolute Gasteiger partial charge is 0.467 e. The van der Waals surface area contributed by atoms with Crippen LogP contribution in [0.1, 0.15) is 17.7 Å². The number of aromatic nitrogens is 4. The number of esters is 1. The standard InChI is InChI=1S/C19H19F2N5O3/c1-11-5-12(13-8-23-26(9-13)10-16(27)18(28)29-2)7-14(6-11)24-19-22-4-3-15(25-19)17(20)21/h3-9,16-17,27H,10H2,1-2H3,(H,22,24,25)/t16-/m0/s1. The van der Waals surface area contributed by atoms with Gasteiger partial charge in [-0.25, -0.2) is 23.5 Å². The SMILES string of the molecule is COC(=O)[C@@H](O)Cn1cc(-c2cc(C)cc(Nc3nccc(C(F)F)n3)c2)cn1. The lowest BCUT2D eigenvalue weighted by Crippen LogP contribution is -2.27. The predicted octanol–water partition coefficient (Wildman–Crippen LogP) is 2.86. The van der Waals surface area contributed by atoms with Gasteiger partial charge in [0.15, 0.2) is 6.10 Å². The average molecular weight is 403 g/mol. The number of hydrogen-bond acceptors (Lipinski definition) is 7. The molecule has 2 N–H and O–H groups in total. The minimum absolute atomic E-state index is 0.0438. The van der Waals surface area contributed by atoms with Crippen molar-refractivity contribution in [1.29, 1.82) is 0 Å². The van der Waals surface area contributed by atoms with Crippen LogP contribution in [0.5, 0.6) is 0 Å². The van der Waals surface area contributed by atoms with Crippen molar-refractivity contribution >= 4 is 17.6 Å². The first-order valence-electron chi connectivity index (χ1n) is 8.64. The first-order chi connectivity index (χ1) is 13.9. The van der Waals surface area contributed by atoms with Gasteiger partial charge in [-0.15, -0.1) is 0 Å². The first kappa shape index (κ1) is 20.3. The fraction of sp³-hybridized carbons (Fsp3) is 0.263. The zero-order valence-corrected chi connectivity index (χ0v) is 15.7. The normalized spacial score (nSPS) is 12.1. The second-order valence-corrected chi connectivity index (χ2v) is 6.31. The number of anilines is 2. The number of nitrogens with one attached hydrogen (secondary N) is 1. The molecule has 0 aliphatic rings. The Hall–Kier alpha value is -3.40. The van der Waals surface area contributed by atoms with Crippen molar-refractivity contribution in [3.05, 3.63) is 54.1 Å². The molecule has 1 atom stereocenters. The fourth-order valence-corrected chi connectivity index (χ4v) is 2.71. The maximum absolute atomic E-state index is 12.8. The summed E-state index contributed by atoms with van der Waals surface area (Å²) in [6.45, 7) is 1.84. The lowest BCUT2D eigenvalue weighted by atomic mass is 10.1. The number of methoxy groups -OCH3 is 1. The van der Waals surface area contributed by atoms with E-state index in [9.17, 15) is 18.7 Å². The predicted molar refractivity (Wildman–Crippen MR) is 101 cm³/mol. The number of rotatable bonds is 7. The number of hydrogen-bond donors (Lipinski definition) is 2. The molecule has 0 saturated heterocycles. The lowest BCUT2D eigenvalue weighted by Gasteiger charge is -2.09. The van der Waals surface area contributed by atoms with Crippen LogP contribution in [0.2, 0.25) is 0 Å². The second-order valence-electron chi connectivity index (χ2n) is 6.31. The molecule has 0 radical (unpaired) electrons. The van der Waals surface area contributed by atoms with E-state index in [0.717, 1.165) is 22.8 Å². The van der Waals surface area contributed by atoms with Crippen LogP contribution in [0.4, 0.5) is 20.4 Å². The van der Waals surface area contributed by atoms with Gasteiger partial charge in [0.05, 0.1) is 19.9 Å². The van der Waals surface area contributed by atoms with E-state index < -0.39 is 18.5 Å². The highest BCUT2D eigenvalue weighted by Gasteiger charge is 2.17. The van der Waals surface area contributed by atoms with E-state index in [0.29, 0.717) is 5.69 Å². The van der Waals surface area contributed by atoms with Crippen LogP contribution in [0.3, 0.4) is 0 Å². The van der Waals surface area contributed by atoms with E-state index in [1.165, 1.54) is 18.0 Å². The number of halogens is 2. The van der Waals surface area contributed by atoms with E-state index in [1.807, 2.05) is 19.1 Å². The van der Waals surface area contributed by atoms with Gasteiger partial charge in [-0.2, -0.15) is 5.10 Å². The summed E-state index contributed by atoms with van der Waals surface area (Å²) in [6, 6.07) is 6.70. The summed E-state index contributed by atoms with van der Waals surface area (Å²) in [4.78, 5) is 19.1. The quantitative estimate of drug-likeness (QED) is 0.585. The molecule has 0 aliphatic heterocycles. The third kappa shape index (κ3) is 5.11. The summed E-state index contributed by atoms with van der Waals surface area (Å²) in [7, 11) is 1.20. The lowest BCUT2D eigenvalue weighted by molar-refractivity contribution is -0.151. The van der Waals surface area contributed by atoms with Crippen molar-refractivity contribution in [3.63, 3.8) is 0 Å². The number of aliphatic hydroxyl groups is 1. The minimum atomic E-state index is -2.68. The summed E-state index contributed by atoms with van der Waals surface area (Å²) in [5, 5.41) is 16.8. The molecule has 0 aliphatic carbocycles. The minimum Gasteiger partial charge on any atom is -0.467 e. The summed E-state index contributed by atoms with van der Waals surface area (Å²) in [5.74, 6) is -0.675. The van der Waals surface area contributed by atoms with Crippen molar-refractivity contribution in [2.75, 3.05) is 12.4 Å². The molecule has 2 aromatic heterocycles. The van der Waals surface area contributed by atoms with Crippen LogP contribution in [-0.2, 0) is 16.1 Å². The van der Waals surface area contributed by atoms with Gasteiger partial charge in [0.2, 0.25) is 5.95 Å². The molecule has 0 fully saturated rings. The molecular formula is C19H19F2N5O3. The molecule has 0 unspecified atom stereocenters. The van der Waals surface area contributed by atoms with Gasteiger partial charge in [0.25, 0.3) is 6.43 Å². The van der Waals surface area contributed by atoms with Crippen LogP contribution >= 0.6 is 0 Å². The Morgan fingerprint density at radius 2 is 2.10 bits per heavy atom. The van der Waals surface area contributed by atoms with Gasteiger partial charge < -0.3 is 15.2 Å². The Morgan fingerprint density at radius 1 is 1.31 bits per heavy atom. The van der Waals surface area contributed by atoms with Gasteiger partial charge in [-0.1, -0.05) is 6.07 Å². The zero-order chi connectivity index (χ0) is 21.0. The summed E-state index contributed by atoms with van der Waals surface area (Å²) in [5.41, 5.74) is 2.72. The monoisotopic (exact) mass is 403 g/mol. The molecule has 152 valence electrons. The molecule has 3 rings (SSSR count). The summed E-state index contributed by atoms with van der Waals surface area (Å²) < 4.78 is 31.6. The molecule has 29 heavy (non-hydrogen) atoms. The second kappa shape index (κ2) is 8.74. The third-order valence-electron chi connectivity index (χ3n) is 4.03. The van der Waals surface area contributed by atoms with E-state index >= 15 is 0 Å². The Labute approximate surface area is 165 Å². The van der Waals surface area contributed by atoms with E-state index in [2.05, 4.69) is 25.1 Å². The Morgan fingerprint density at radius 3 is 2.83 bits per heavy atom. The van der Waals surface area contributed by atoms with E-state index in [1.54, 1.807) is 18.5 Å². The summed E-state index contributed by atoms with van der Waals surface area (Å²) >= 11 is 0. The highest BCUT2D eigenvalue weighted by Crippen LogP contribution is 2.26. The smallest absolute Gasteiger partial charge is 0.336 e. The number of nitrogens with zero attached hydrogens (tertiary/aromatic N) is 4. The van der Waals surface area contributed by atoms with E-state index in [-0.39, 0.29) is 18.2 Å². The third-order valence-corrected chi connectivity index (χ3v) is 4.03. The van der Waals surface area contributed by atoms with Gasteiger partial charge in [-0.3, -0.25) is 4.68 Å². The molecule has 8 nitrogen and oxygen atoms in total. The molecule has 10 heteroatoms. The van der Waals surface area contributed by atoms with Gasteiger partial charge in [-0.05, 0) is 36.2 Å². The Bertz CT molecular complexity index is 1010. The molecule has 2 heterocycles. The molecule has 0 bridgehead atoms. The molecule has 3 aromatic rings. The maximum atomic E-state index is 12.8. The van der Waals surface area contributed by atoms with Gasteiger partial charge >= 0.3 is 5.97 Å². The van der Waals surface area contributed by atoms with Crippen molar-refractivity contribution < 1.29 is 23.4 Å². The van der Waals surface area contributed by atoms with E-state index in [4.69, 9.17) is 0 Å². The average Bonchev–Trinajstić information content (AvgIpc) is 3.15. The number of benzene rings is 1. The highest BCUT2D eigenvalue weighted by molar-refractivity contribution is 5.74. The Balaban J connectivity index is 1.81. The molecule has 0 saturated carbocycles. The maximum Gasteiger partial charge on any atom is 0.336 e. The van der Waals surface area contributed by atoms with Crippen LogP contribution < -0.4 is 5.32 Å². The van der Waals surface area contributed by atoms with Crippen molar-refractivity contribution in [2.45, 2.75) is 26.0 Å². The zero-order valence-electron chi connectivity index (χ0n) is 15.7. The number of ether oxygens (including phenoxy) is 1. The molecule has 0 spiro atoms. The molecule has 0 amide bonds. The van der Waals surface area contributed by atoms with Crippen LogP contribution in [0.25, 0.3) is 11.1 Å². The number of alkyl halides is 2. The number of carbonyl (C=O) groups is 1. The topological polar surface area (TPSA) is 102 Å². The number of aliphatic hydroxyl groups excluding tert-OH is 1. The first-order valence-corrected chi connectivity index (χ1v) is 8.64. The van der Waals surface area contributed by atoms with Crippen LogP contribution in [-0.4, -0.2) is 44.0 Å². The van der Waals surface area contributed by atoms with Crippen molar-refractivity contribution in [1.82, 2.24) is 19.7 Å². The molecule has 1 aromatic carbocycles. The van der Waals surface area contributed by atoms with Crippen molar-refractivity contribution in [2.24, 2.45) is 0 Å². The summed E-state index contributed by atoms with van der Waals surface area (Å²) in [6.07, 6.45) is 0.541. The fourth-order valence-electron chi connectivity index (χ4n) is 2.71. The van der Waals surface area contributed by atoms with Gasteiger partial charge in [0, 0.05) is 23.6 Å². The van der Waals surface area contributed by atoms with Crippen molar-refractivity contribution in [3.8, 4) is 11.1 Å². The van der Waals surface area contributed by atoms with Crippen LogP contribution in [0.15, 0.2) is 42.9 Å².